The highest BCUT2D eigenvalue weighted by Gasteiger charge is 2.62. The summed E-state index contributed by atoms with van der Waals surface area (Å²) in [5.74, 6) is 1.38. The molecule has 2 bridgehead atoms. The normalized spacial score (nSPS) is 29.3. The highest BCUT2D eigenvalue weighted by molar-refractivity contribution is 7.98. The molecule has 5 aliphatic carbocycles. The van der Waals surface area contributed by atoms with Gasteiger partial charge in [0.15, 0.2) is 0 Å². The van der Waals surface area contributed by atoms with Gasteiger partial charge in [0.2, 0.25) is 0 Å². The van der Waals surface area contributed by atoms with Crippen LogP contribution >= 0.6 is 11.9 Å². The second-order valence-corrected chi connectivity index (χ2v) is 12.5. The average Bonchev–Trinajstić information content (AvgIpc) is 3.61. The second-order valence-electron chi connectivity index (χ2n) is 11.7. The van der Waals surface area contributed by atoms with Crippen LogP contribution in [0.3, 0.4) is 0 Å². The predicted molar refractivity (Wildman–Crippen MR) is 140 cm³/mol. The van der Waals surface area contributed by atoms with Gasteiger partial charge in [-0.3, -0.25) is 4.72 Å². The van der Waals surface area contributed by atoms with Gasteiger partial charge >= 0.3 is 13.1 Å². The first-order chi connectivity index (χ1) is 17.0. The van der Waals surface area contributed by atoms with Crippen molar-refractivity contribution in [2.24, 2.45) is 17.3 Å². The molecule has 35 heavy (non-hydrogen) atoms. The van der Waals surface area contributed by atoms with Crippen LogP contribution in [0.1, 0.15) is 61.8 Å². The molecule has 2 aromatic rings. The zero-order chi connectivity index (χ0) is 23.7. The van der Waals surface area contributed by atoms with Crippen LogP contribution in [0.15, 0.2) is 35.2 Å². The van der Waals surface area contributed by atoms with Crippen molar-refractivity contribution in [2.75, 3.05) is 5.32 Å². The molecule has 182 valence electrons. The lowest BCUT2D eigenvalue weighted by Crippen LogP contribution is -2.59. The van der Waals surface area contributed by atoms with Crippen molar-refractivity contribution in [3.05, 3.63) is 52.6 Å². The molecule has 7 heteroatoms. The topological polar surface area (TPSA) is 59.6 Å². The zero-order valence-corrected chi connectivity index (χ0v) is 21.4. The van der Waals surface area contributed by atoms with Gasteiger partial charge in [-0.2, -0.15) is 0 Å². The molecule has 6 aliphatic rings. The number of hydrogen-bond acceptors (Lipinski definition) is 4. The summed E-state index contributed by atoms with van der Waals surface area (Å²) in [5.41, 5.74) is 8.09. The largest absolute Gasteiger partial charge is 0.494 e. The second kappa shape index (κ2) is 8.29. The van der Waals surface area contributed by atoms with E-state index >= 15 is 0 Å². The van der Waals surface area contributed by atoms with E-state index in [9.17, 15) is 4.79 Å². The Morgan fingerprint density at radius 2 is 1.71 bits per heavy atom. The van der Waals surface area contributed by atoms with E-state index < -0.39 is 0 Å². The quantitative estimate of drug-likeness (QED) is 0.468. The molecular weight excluding hydrogens is 455 g/mol. The first-order valence-corrected chi connectivity index (χ1v) is 14.1. The summed E-state index contributed by atoms with van der Waals surface area (Å²) < 4.78 is 15.7. The number of benzene rings is 2. The summed E-state index contributed by atoms with van der Waals surface area (Å²) >= 11 is 1.35. The minimum atomic E-state index is -0.280. The Hall–Kier alpha value is -1.96. The predicted octanol–water partition coefficient (Wildman–Crippen LogP) is 5.04. The molecular formula is C28H33BN2O3S. The van der Waals surface area contributed by atoms with Gasteiger partial charge in [0.25, 0.3) is 0 Å². The van der Waals surface area contributed by atoms with Crippen molar-refractivity contribution >= 4 is 36.2 Å². The number of aryl methyl sites for hydroxylation is 2. The van der Waals surface area contributed by atoms with Gasteiger partial charge in [-0.15, -0.1) is 0 Å². The minimum Gasteiger partial charge on any atom is -0.402 e. The van der Waals surface area contributed by atoms with Crippen LogP contribution in [0.2, 0.25) is 0 Å². The lowest BCUT2D eigenvalue weighted by Gasteiger charge is -2.60. The summed E-state index contributed by atoms with van der Waals surface area (Å²) in [6.07, 6.45) is 9.63. The van der Waals surface area contributed by atoms with Crippen molar-refractivity contribution in [2.45, 2.75) is 82.3 Å². The van der Waals surface area contributed by atoms with Crippen molar-refractivity contribution in [3.63, 3.8) is 0 Å². The molecule has 5 nitrogen and oxygen atoms in total. The fraction of sp³-hybridized carbons (Fsp3) is 0.536. The monoisotopic (exact) mass is 488 g/mol. The van der Waals surface area contributed by atoms with Crippen molar-refractivity contribution in [1.82, 2.24) is 4.72 Å². The van der Waals surface area contributed by atoms with Gasteiger partial charge in [0, 0.05) is 10.6 Å². The molecule has 0 aromatic heterocycles. The third-order valence-corrected chi connectivity index (χ3v) is 10.3. The van der Waals surface area contributed by atoms with Crippen molar-refractivity contribution in [1.29, 1.82) is 0 Å². The number of urea groups is 1. The van der Waals surface area contributed by atoms with Gasteiger partial charge in [-0.1, -0.05) is 32.0 Å². The number of carbonyl (C=O) groups is 1. The molecule has 2 aromatic carbocycles. The van der Waals surface area contributed by atoms with Gasteiger partial charge in [0.1, 0.15) is 0 Å². The van der Waals surface area contributed by atoms with Crippen LogP contribution in [-0.4, -0.2) is 25.4 Å². The minimum absolute atomic E-state index is 0.151. The summed E-state index contributed by atoms with van der Waals surface area (Å²) in [4.78, 5) is 13.8. The maximum atomic E-state index is 12.8. The summed E-state index contributed by atoms with van der Waals surface area (Å²) in [7, 11) is -0.280. The lowest BCUT2D eigenvalue weighted by atomic mass is 9.47. The molecule has 8 rings (SSSR count). The summed E-state index contributed by atoms with van der Waals surface area (Å²) in [6.45, 7) is 4.76. The fourth-order valence-corrected chi connectivity index (χ4v) is 7.93. The smallest absolute Gasteiger partial charge is 0.402 e. The molecule has 2 N–H and O–H groups in total. The first kappa shape index (κ1) is 22.3. The van der Waals surface area contributed by atoms with Crippen LogP contribution in [0.25, 0.3) is 0 Å². The molecule has 0 spiro atoms. The number of carbonyl (C=O) groups excluding carboxylic acids is 1. The molecule has 1 heterocycles. The number of fused-ring (bicyclic) bond motifs is 2. The van der Waals surface area contributed by atoms with Crippen molar-refractivity contribution in [3.8, 4) is 0 Å². The maximum absolute atomic E-state index is 12.8. The highest BCUT2D eigenvalue weighted by Crippen LogP contribution is 2.61. The Labute approximate surface area is 212 Å². The van der Waals surface area contributed by atoms with E-state index in [1.807, 2.05) is 12.1 Å². The van der Waals surface area contributed by atoms with Gasteiger partial charge in [-0.05, 0) is 120 Å². The van der Waals surface area contributed by atoms with E-state index in [4.69, 9.17) is 9.31 Å². The van der Waals surface area contributed by atoms with Crippen molar-refractivity contribution < 1.29 is 14.1 Å². The van der Waals surface area contributed by atoms with Crippen LogP contribution < -0.4 is 15.5 Å². The number of hydrogen-bond donors (Lipinski definition) is 2. The Kier molecular flexibility index (Phi) is 5.27. The molecule has 4 atom stereocenters. The fourth-order valence-electron chi connectivity index (χ4n) is 7.40. The summed E-state index contributed by atoms with van der Waals surface area (Å²) in [6, 6.07) is 10.4. The maximum Gasteiger partial charge on any atom is 0.494 e. The first-order valence-electron chi connectivity index (χ1n) is 13.3. The standard InChI is InChI=1S/C28H33BN2O3S/c1-28(2)18-14-23(28)26-24(15-18)33-29(34-26)19-9-11-20(12-10-19)35-31-27(32)30-25-21-7-3-5-16(21)13-17-6-4-8-22(17)25/h9-13,18,23-24,26H,3-8,14-15H2,1-2H3,(H2,30,31,32). The number of amides is 2. The number of rotatable bonds is 4. The van der Waals surface area contributed by atoms with Crippen LogP contribution in [0.4, 0.5) is 10.5 Å². The lowest BCUT2D eigenvalue weighted by molar-refractivity contribution is -0.150. The third kappa shape index (κ3) is 3.65. The number of nitrogens with one attached hydrogen (secondary N) is 2. The number of anilines is 1. The van der Waals surface area contributed by atoms with Crippen LogP contribution in [0.5, 0.6) is 0 Å². The Morgan fingerprint density at radius 3 is 2.40 bits per heavy atom. The van der Waals surface area contributed by atoms with E-state index in [0.29, 0.717) is 11.3 Å². The van der Waals surface area contributed by atoms with E-state index in [-0.39, 0.29) is 25.4 Å². The Bertz CT molecular complexity index is 1150. The third-order valence-electron chi connectivity index (χ3n) is 9.53. The molecule has 3 saturated carbocycles. The summed E-state index contributed by atoms with van der Waals surface area (Å²) in [5, 5.41) is 3.20. The van der Waals surface area contributed by atoms with E-state index in [2.05, 4.69) is 42.1 Å². The van der Waals surface area contributed by atoms with Gasteiger partial charge < -0.3 is 14.6 Å². The molecule has 1 saturated heterocycles. The van der Waals surface area contributed by atoms with Crippen LogP contribution in [0, 0.1) is 17.3 Å². The Balaban J connectivity index is 0.979. The van der Waals surface area contributed by atoms with E-state index in [0.717, 1.165) is 54.1 Å². The average molecular weight is 488 g/mol. The molecule has 0 radical (unpaired) electrons. The molecule has 1 aliphatic heterocycles. The van der Waals surface area contributed by atoms with E-state index in [1.54, 1.807) is 0 Å². The zero-order valence-electron chi connectivity index (χ0n) is 20.6. The Morgan fingerprint density at radius 1 is 1.00 bits per heavy atom. The van der Waals surface area contributed by atoms with Crippen LogP contribution in [-0.2, 0) is 35.0 Å². The van der Waals surface area contributed by atoms with Gasteiger partial charge in [0.05, 0.1) is 12.2 Å². The SMILES string of the molecule is CC1(C)C2CC3OB(c4ccc(SNC(=O)Nc5c6c(cc7c5CCC7)CCC6)cc4)OC3C1C2. The molecule has 4 fully saturated rings. The molecule has 4 unspecified atom stereocenters. The van der Waals surface area contributed by atoms with E-state index in [1.165, 1.54) is 53.5 Å². The highest BCUT2D eigenvalue weighted by atomic mass is 32.2. The van der Waals surface area contributed by atoms with Gasteiger partial charge in [-0.25, -0.2) is 4.79 Å². The molecule has 2 amide bonds.